The number of hydrogen-bond donors (Lipinski definition) is 1. The van der Waals surface area contributed by atoms with E-state index < -0.39 is 0 Å². The summed E-state index contributed by atoms with van der Waals surface area (Å²) in [6.45, 7) is 4.53. The first-order chi connectivity index (χ1) is 9.70. The maximum absolute atomic E-state index is 12.6. The zero-order valence-corrected chi connectivity index (χ0v) is 11.8. The van der Waals surface area contributed by atoms with Crippen molar-refractivity contribution in [3.63, 3.8) is 0 Å². The average Bonchev–Trinajstić information content (AvgIpc) is 3.05. The van der Waals surface area contributed by atoms with E-state index in [0.29, 0.717) is 12.2 Å². The highest BCUT2D eigenvalue weighted by Gasteiger charge is 2.30. The van der Waals surface area contributed by atoms with Crippen LogP contribution in [-0.2, 0) is 4.74 Å². The molecule has 1 saturated heterocycles. The molecule has 0 bridgehead atoms. The predicted octanol–water partition coefficient (Wildman–Crippen LogP) is 3.32. The van der Waals surface area contributed by atoms with Crippen molar-refractivity contribution < 1.29 is 14.3 Å². The van der Waals surface area contributed by atoms with Gasteiger partial charge in [-0.3, -0.25) is 4.79 Å². The molecule has 106 valence electrons. The molecule has 1 aliphatic heterocycles. The second kappa shape index (κ2) is 5.29. The molecular formula is C16H19NO3. The highest BCUT2D eigenvalue weighted by atomic mass is 16.5. The SMILES string of the molecule is CCOc1cccc2[nH]cc(C(=O)C3CCC(C)O3)c12. The zero-order valence-electron chi connectivity index (χ0n) is 11.8. The Bertz CT molecular complexity index is 632. The number of fused-ring (bicyclic) bond motifs is 1. The number of Topliss-reactive ketones (excluding diaryl/α,β-unsaturated/α-hetero) is 1. The number of ketones is 1. The molecule has 0 amide bonds. The van der Waals surface area contributed by atoms with Crippen LogP contribution in [0.5, 0.6) is 5.75 Å². The summed E-state index contributed by atoms with van der Waals surface area (Å²) in [7, 11) is 0. The summed E-state index contributed by atoms with van der Waals surface area (Å²) in [5.74, 6) is 0.799. The first-order valence-corrected chi connectivity index (χ1v) is 7.13. The molecule has 0 saturated carbocycles. The van der Waals surface area contributed by atoms with Gasteiger partial charge in [-0.05, 0) is 38.8 Å². The molecule has 2 aromatic rings. The molecule has 4 nitrogen and oxygen atoms in total. The number of carbonyl (C=O) groups excluding carboxylic acids is 1. The van der Waals surface area contributed by atoms with Gasteiger partial charge < -0.3 is 14.5 Å². The van der Waals surface area contributed by atoms with Gasteiger partial charge in [-0.1, -0.05) is 6.07 Å². The predicted molar refractivity (Wildman–Crippen MR) is 77.4 cm³/mol. The van der Waals surface area contributed by atoms with Crippen LogP contribution in [0.4, 0.5) is 0 Å². The quantitative estimate of drug-likeness (QED) is 0.869. The number of benzene rings is 1. The van der Waals surface area contributed by atoms with E-state index in [-0.39, 0.29) is 18.0 Å². The molecule has 0 spiro atoms. The Hall–Kier alpha value is -1.81. The summed E-state index contributed by atoms with van der Waals surface area (Å²) in [5.41, 5.74) is 1.59. The van der Waals surface area contributed by atoms with Gasteiger partial charge in [0.2, 0.25) is 0 Å². The molecule has 4 heteroatoms. The van der Waals surface area contributed by atoms with Crippen molar-refractivity contribution in [1.29, 1.82) is 0 Å². The maximum Gasteiger partial charge on any atom is 0.193 e. The third kappa shape index (κ3) is 2.20. The van der Waals surface area contributed by atoms with Gasteiger partial charge in [0.25, 0.3) is 0 Å². The van der Waals surface area contributed by atoms with Gasteiger partial charge >= 0.3 is 0 Å². The van der Waals surface area contributed by atoms with Crippen LogP contribution in [0, 0.1) is 0 Å². The Morgan fingerprint density at radius 2 is 2.30 bits per heavy atom. The first-order valence-electron chi connectivity index (χ1n) is 7.13. The van der Waals surface area contributed by atoms with Gasteiger partial charge in [0.15, 0.2) is 5.78 Å². The van der Waals surface area contributed by atoms with Crippen LogP contribution in [0.2, 0.25) is 0 Å². The Balaban J connectivity index is 2.01. The topological polar surface area (TPSA) is 51.3 Å². The molecule has 0 radical (unpaired) electrons. The number of aromatic nitrogens is 1. The number of nitrogens with one attached hydrogen (secondary N) is 1. The van der Waals surface area contributed by atoms with Crippen LogP contribution in [0.15, 0.2) is 24.4 Å². The highest BCUT2D eigenvalue weighted by Crippen LogP contribution is 2.32. The molecule has 2 heterocycles. The summed E-state index contributed by atoms with van der Waals surface area (Å²) < 4.78 is 11.3. The molecule has 3 rings (SSSR count). The minimum Gasteiger partial charge on any atom is -0.493 e. The summed E-state index contributed by atoms with van der Waals surface area (Å²) in [6.07, 6.45) is 3.35. The third-order valence-corrected chi connectivity index (χ3v) is 3.76. The largest absolute Gasteiger partial charge is 0.493 e. The molecule has 1 N–H and O–H groups in total. The monoisotopic (exact) mass is 273 g/mol. The fourth-order valence-electron chi connectivity index (χ4n) is 2.79. The van der Waals surface area contributed by atoms with Crippen molar-refractivity contribution in [2.45, 2.75) is 38.9 Å². The smallest absolute Gasteiger partial charge is 0.193 e. The lowest BCUT2D eigenvalue weighted by Crippen LogP contribution is -2.20. The summed E-state index contributed by atoms with van der Waals surface area (Å²) in [5, 5.41) is 0.863. The van der Waals surface area contributed by atoms with Crippen LogP contribution in [-0.4, -0.2) is 29.6 Å². The minimum atomic E-state index is -0.321. The standard InChI is InChI=1S/C16H19NO3/c1-3-19-13-6-4-5-12-15(13)11(9-17-12)16(18)14-8-7-10(2)20-14/h4-6,9-10,14,17H,3,7-8H2,1-2H3. The van der Waals surface area contributed by atoms with Gasteiger partial charge in [-0.15, -0.1) is 0 Å². The van der Waals surface area contributed by atoms with Gasteiger partial charge in [0.05, 0.1) is 18.1 Å². The van der Waals surface area contributed by atoms with Crippen molar-refractivity contribution >= 4 is 16.7 Å². The molecule has 2 atom stereocenters. The Kier molecular flexibility index (Phi) is 3.49. The number of hydrogen-bond acceptors (Lipinski definition) is 3. The number of aromatic amines is 1. The van der Waals surface area contributed by atoms with Gasteiger partial charge in [-0.25, -0.2) is 0 Å². The molecule has 1 aromatic carbocycles. The van der Waals surface area contributed by atoms with E-state index in [2.05, 4.69) is 4.98 Å². The van der Waals surface area contributed by atoms with Gasteiger partial charge in [-0.2, -0.15) is 0 Å². The number of ether oxygens (including phenoxy) is 2. The summed E-state index contributed by atoms with van der Waals surface area (Å²) in [6, 6.07) is 5.77. The van der Waals surface area contributed by atoms with Crippen LogP contribution in [0.25, 0.3) is 10.9 Å². The van der Waals surface area contributed by atoms with Crippen molar-refractivity contribution in [1.82, 2.24) is 4.98 Å². The van der Waals surface area contributed by atoms with E-state index >= 15 is 0 Å². The average molecular weight is 273 g/mol. The van der Waals surface area contributed by atoms with E-state index in [1.165, 1.54) is 0 Å². The lowest BCUT2D eigenvalue weighted by Gasteiger charge is -2.11. The molecule has 2 unspecified atom stereocenters. The number of H-pyrrole nitrogens is 1. The lowest BCUT2D eigenvalue weighted by atomic mass is 10.0. The molecule has 0 aliphatic carbocycles. The number of carbonyl (C=O) groups is 1. The van der Waals surface area contributed by atoms with E-state index in [1.807, 2.05) is 32.0 Å². The Morgan fingerprint density at radius 3 is 3.00 bits per heavy atom. The maximum atomic E-state index is 12.6. The van der Waals surface area contributed by atoms with Crippen molar-refractivity contribution in [2.24, 2.45) is 0 Å². The second-order valence-corrected chi connectivity index (χ2v) is 5.19. The summed E-state index contributed by atoms with van der Waals surface area (Å²) in [4.78, 5) is 15.8. The fourth-order valence-corrected chi connectivity index (χ4v) is 2.79. The summed E-state index contributed by atoms with van der Waals surface area (Å²) >= 11 is 0. The fraction of sp³-hybridized carbons (Fsp3) is 0.438. The molecule has 20 heavy (non-hydrogen) atoms. The van der Waals surface area contributed by atoms with Crippen LogP contribution in [0.3, 0.4) is 0 Å². The van der Waals surface area contributed by atoms with E-state index in [0.717, 1.165) is 29.5 Å². The number of rotatable bonds is 4. The Morgan fingerprint density at radius 1 is 1.45 bits per heavy atom. The second-order valence-electron chi connectivity index (χ2n) is 5.19. The van der Waals surface area contributed by atoms with Crippen molar-refractivity contribution in [3.8, 4) is 5.75 Å². The molecule has 1 aliphatic rings. The Labute approximate surface area is 118 Å². The zero-order chi connectivity index (χ0) is 14.1. The lowest BCUT2D eigenvalue weighted by molar-refractivity contribution is 0.0434. The minimum absolute atomic E-state index is 0.0488. The van der Waals surface area contributed by atoms with Gasteiger partial charge in [0, 0.05) is 17.3 Å². The van der Waals surface area contributed by atoms with Crippen molar-refractivity contribution in [2.75, 3.05) is 6.61 Å². The molecule has 1 aromatic heterocycles. The van der Waals surface area contributed by atoms with E-state index in [4.69, 9.17) is 9.47 Å². The third-order valence-electron chi connectivity index (χ3n) is 3.76. The van der Waals surface area contributed by atoms with E-state index in [9.17, 15) is 4.79 Å². The van der Waals surface area contributed by atoms with Gasteiger partial charge in [0.1, 0.15) is 11.9 Å². The highest BCUT2D eigenvalue weighted by molar-refractivity contribution is 6.11. The van der Waals surface area contributed by atoms with Crippen LogP contribution >= 0.6 is 0 Å². The molecule has 1 fully saturated rings. The molecular weight excluding hydrogens is 254 g/mol. The normalized spacial score (nSPS) is 22.3. The first kappa shape index (κ1) is 13.2. The van der Waals surface area contributed by atoms with Crippen LogP contribution in [0.1, 0.15) is 37.0 Å². The van der Waals surface area contributed by atoms with E-state index in [1.54, 1.807) is 6.20 Å². The van der Waals surface area contributed by atoms with Crippen molar-refractivity contribution in [3.05, 3.63) is 30.0 Å². The van der Waals surface area contributed by atoms with Crippen LogP contribution < -0.4 is 4.74 Å².